The number of sulfone groups is 1. The summed E-state index contributed by atoms with van der Waals surface area (Å²) in [7, 11) is -7.08. The van der Waals surface area contributed by atoms with Crippen molar-refractivity contribution in [3.05, 3.63) is 24.3 Å². The summed E-state index contributed by atoms with van der Waals surface area (Å²) >= 11 is 0. The molecule has 0 unspecified atom stereocenters. The Labute approximate surface area is 95.1 Å². The highest BCUT2D eigenvalue weighted by Crippen LogP contribution is 2.16. The van der Waals surface area contributed by atoms with Crippen LogP contribution in [0.5, 0.6) is 0 Å². The third-order valence-corrected chi connectivity index (χ3v) is 4.34. The Balaban J connectivity index is 3.15. The number of hydrogen-bond donors (Lipinski definition) is 0. The first-order chi connectivity index (χ1) is 7.27. The maximum Gasteiger partial charge on any atom is 0.296 e. The van der Waals surface area contributed by atoms with E-state index in [0.717, 1.165) is 6.26 Å². The van der Waals surface area contributed by atoms with Crippen molar-refractivity contribution in [2.24, 2.45) is 0 Å². The second-order valence-electron chi connectivity index (χ2n) is 3.10. The molecule has 0 spiro atoms. The average molecular weight is 264 g/mol. The summed E-state index contributed by atoms with van der Waals surface area (Å²) in [5, 5.41) is 0. The van der Waals surface area contributed by atoms with Crippen molar-refractivity contribution < 1.29 is 21.0 Å². The van der Waals surface area contributed by atoms with Crippen molar-refractivity contribution in [2.75, 3.05) is 12.9 Å². The predicted octanol–water partition coefficient (Wildman–Crippen LogP) is 0.815. The minimum Gasteiger partial charge on any atom is -0.267 e. The molecule has 0 aliphatic rings. The largest absolute Gasteiger partial charge is 0.296 e. The van der Waals surface area contributed by atoms with E-state index in [0.29, 0.717) is 0 Å². The van der Waals surface area contributed by atoms with Crippen LogP contribution in [0.3, 0.4) is 0 Å². The Hall–Kier alpha value is -0.920. The Morgan fingerprint density at radius 3 is 1.81 bits per heavy atom. The van der Waals surface area contributed by atoms with Gasteiger partial charge in [-0.1, -0.05) is 0 Å². The van der Waals surface area contributed by atoms with E-state index in [1.165, 1.54) is 24.3 Å². The van der Waals surface area contributed by atoms with Crippen LogP contribution in [-0.2, 0) is 24.1 Å². The lowest BCUT2D eigenvalue weighted by molar-refractivity contribution is 0.338. The van der Waals surface area contributed by atoms with Crippen LogP contribution in [0.1, 0.15) is 6.92 Å². The van der Waals surface area contributed by atoms with Gasteiger partial charge in [0.15, 0.2) is 9.84 Å². The van der Waals surface area contributed by atoms with Gasteiger partial charge in [0.1, 0.15) is 0 Å². The van der Waals surface area contributed by atoms with E-state index in [2.05, 4.69) is 4.18 Å². The Morgan fingerprint density at radius 2 is 1.44 bits per heavy atom. The summed E-state index contributed by atoms with van der Waals surface area (Å²) in [6.07, 6.45) is 1.05. The lowest BCUT2D eigenvalue weighted by atomic mass is 10.4. The molecule has 0 N–H and O–H groups in total. The number of rotatable bonds is 4. The van der Waals surface area contributed by atoms with Gasteiger partial charge >= 0.3 is 0 Å². The van der Waals surface area contributed by atoms with E-state index >= 15 is 0 Å². The van der Waals surface area contributed by atoms with Gasteiger partial charge in [-0.05, 0) is 31.2 Å². The molecule has 0 atom stereocenters. The van der Waals surface area contributed by atoms with Gasteiger partial charge in [0.05, 0.1) is 16.4 Å². The molecule has 1 aromatic carbocycles. The highest BCUT2D eigenvalue weighted by atomic mass is 32.2. The minimum absolute atomic E-state index is 0.0379. The predicted molar refractivity (Wildman–Crippen MR) is 58.4 cm³/mol. The molecule has 90 valence electrons. The van der Waals surface area contributed by atoms with Crippen LogP contribution in [0.4, 0.5) is 0 Å². The third kappa shape index (κ3) is 3.03. The first-order valence-electron chi connectivity index (χ1n) is 4.47. The van der Waals surface area contributed by atoms with Crippen molar-refractivity contribution in [3.8, 4) is 0 Å². The second kappa shape index (κ2) is 4.52. The molecule has 7 heteroatoms. The van der Waals surface area contributed by atoms with E-state index in [4.69, 9.17) is 0 Å². The Kier molecular flexibility index (Phi) is 3.72. The average Bonchev–Trinajstić information content (AvgIpc) is 2.16. The highest BCUT2D eigenvalue weighted by Gasteiger charge is 2.15. The fourth-order valence-electron chi connectivity index (χ4n) is 1.08. The third-order valence-electron chi connectivity index (χ3n) is 1.81. The van der Waals surface area contributed by atoms with Gasteiger partial charge in [-0.15, -0.1) is 0 Å². The lowest BCUT2D eigenvalue weighted by Crippen LogP contribution is -2.06. The summed E-state index contributed by atoms with van der Waals surface area (Å²) in [6.45, 7) is 1.60. The zero-order valence-corrected chi connectivity index (χ0v) is 10.5. The molecule has 0 saturated carbocycles. The van der Waals surface area contributed by atoms with E-state index in [1.54, 1.807) is 6.92 Å². The van der Waals surface area contributed by atoms with Gasteiger partial charge in [-0.3, -0.25) is 4.18 Å². The number of benzene rings is 1. The van der Waals surface area contributed by atoms with Gasteiger partial charge in [-0.2, -0.15) is 8.42 Å². The van der Waals surface area contributed by atoms with Gasteiger partial charge in [-0.25, -0.2) is 8.42 Å². The first-order valence-corrected chi connectivity index (χ1v) is 7.77. The SMILES string of the molecule is CCOS(=O)(=O)c1ccc(S(C)(=O)=O)cc1. The molecular weight excluding hydrogens is 252 g/mol. The maximum absolute atomic E-state index is 11.4. The molecular formula is C9H12O5S2. The normalized spacial score (nSPS) is 12.6. The maximum atomic E-state index is 11.4. The molecule has 0 aliphatic heterocycles. The van der Waals surface area contributed by atoms with Crippen LogP contribution in [0, 0.1) is 0 Å². The molecule has 1 aromatic rings. The van der Waals surface area contributed by atoms with E-state index in [-0.39, 0.29) is 16.4 Å². The molecule has 1 rings (SSSR count). The molecule has 0 radical (unpaired) electrons. The monoisotopic (exact) mass is 264 g/mol. The second-order valence-corrected chi connectivity index (χ2v) is 6.74. The molecule has 0 saturated heterocycles. The summed E-state index contributed by atoms with van der Waals surface area (Å²) in [5.74, 6) is 0. The smallest absolute Gasteiger partial charge is 0.267 e. The van der Waals surface area contributed by atoms with Crippen LogP contribution in [0.2, 0.25) is 0 Å². The quantitative estimate of drug-likeness (QED) is 0.752. The molecule has 0 amide bonds. The van der Waals surface area contributed by atoms with Gasteiger partial charge in [0.25, 0.3) is 10.1 Å². The minimum atomic E-state index is -3.77. The molecule has 0 heterocycles. The van der Waals surface area contributed by atoms with E-state index in [1.807, 2.05) is 0 Å². The van der Waals surface area contributed by atoms with Gasteiger partial charge < -0.3 is 0 Å². The lowest BCUT2D eigenvalue weighted by Gasteiger charge is -2.04. The summed E-state index contributed by atoms with van der Waals surface area (Å²) in [5.41, 5.74) is 0. The van der Waals surface area contributed by atoms with Gasteiger partial charge in [0.2, 0.25) is 0 Å². The fourth-order valence-corrected chi connectivity index (χ4v) is 2.62. The Bertz CT molecular complexity index is 554. The first kappa shape index (κ1) is 13.1. The molecule has 16 heavy (non-hydrogen) atoms. The van der Waals surface area contributed by atoms with Crippen LogP contribution >= 0.6 is 0 Å². The topological polar surface area (TPSA) is 77.5 Å². The van der Waals surface area contributed by atoms with Crippen molar-refractivity contribution in [1.29, 1.82) is 0 Å². The standard InChI is InChI=1S/C9H12O5S2/c1-3-14-16(12,13)9-6-4-8(5-7-9)15(2,10)11/h4-7H,3H2,1-2H3. The van der Waals surface area contributed by atoms with Crippen molar-refractivity contribution >= 4 is 20.0 Å². The summed E-state index contributed by atoms with van der Waals surface area (Å²) in [6, 6.07) is 4.89. The van der Waals surface area contributed by atoms with E-state index < -0.39 is 20.0 Å². The van der Waals surface area contributed by atoms with Gasteiger partial charge in [0, 0.05) is 6.26 Å². The molecule has 0 aliphatic carbocycles. The molecule has 0 fully saturated rings. The van der Waals surface area contributed by atoms with Crippen molar-refractivity contribution in [3.63, 3.8) is 0 Å². The highest BCUT2D eigenvalue weighted by molar-refractivity contribution is 7.90. The zero-order valence-electron chi connectivity index (χ0n) is 8.87. The molecule has 0 aromatic heterocycles. The van der Waals surface area contributed by atoms with Crippen molar-refractivity contribution in [1.82, 2.24) is 0 Å². The van der Waals surface area contributed by atoms with Crippen LogP contribution < -0.4 is 0 Å². The summed E-state index contributed by atoms with van der Waals surface area (Å²) < 4.78 is 49.7. The van der Waals surface area contributed by atoms with Crippen LogP contribution in [0.25, 0.3) is 0 Å². The fraction of sp³-hybridized carbons (Fsp3) is 0.333. The number of hydrogen-bond acceptors (Lipinski definition) is 5. The van der Waals surface area contributed by atoms with E-state index in [9.17, 15) is 16.8 Å². The van der Waals surface area contributed by atoms with Crippen LogP contribution in [-0.4, -0.2) is 29.7 Å². The zero-order chi connectivity index (χ0) is 12.4. The van der Waals surface area contributed by atoms with Crippen molar-refractivity contribution in [2.45, 2.75) is 16.7 Å². The summed E-state index contributed by atoms with van der Waals surface area (Å²) in [4.78, 5) is 0.0182. The molecule has 5 nitrogen and oxygen atoms in total. The van der Waals surface area contributed by atoms with Crippen LogP contribution in [0.15, 0.2) is 34.1 Å². The Morgan fingerprint density at radius 1 is 1.00 bits per heavy atom. The molecule has 0 bridgehead atoms.